The lowest BCUT2D eigenvalue weighted by Gasteiger charge is -2.38. The minimum Gasteiger partial charge on any atom is -0.340 e. The molecule has 1 aromatic heterocycles. The first-order valence-corrected chi connectivity index (χ1v) is 9.70. The van der Waals surface area contributed by atoms with E-state index in [2.05, 4.69) is 14.9 Å². The molecule has 0 bridgehead atoms. The number of hydrogen-bond acceptors (Lipinski definition) is 4. The summed E-state index contributed by atoms with van der Waals surface area (Å²) in [6, 6.07) is 8.03. The number of amides is 1. The van der Waals surface area contributed by atoms with Gasteiger partial charge in [-0.2, -0.15) is 0 Å². The van der Waals surface area contributed by atoms with Gasteiger partial charge in [-0.15, -0.1) is 0 Å². The predicted octanol–water partition coefficient (Wildman–Crippen LogP) is 1.94. The summed E-state index contributed by atoms with van der Waals surface area (Å²) in [5.41, 5.74) is 0.548. The van der Waals surface area contributed by atoms with Crippen molar-refractivity contribution in [1.29, 1.82) is 0 Å². The fourth-order valence-electron chi connectivity index (χ4n) is 4.24. The number of aryl methyl sites for hydroxylation is 1. The first-order valence-electron chi connectivity index (χ1n) is 9.70. The zero-order valence-corrected chi connectivity index (χ0v) is 15.1. The van der Waals surface area contributed by atoms with E-state index in [0.717, 1.165) is 32.2 Å². The summed E-state index contributed by atoms with van der Waals surface area (Å²) >= 11 is 0. The molecule has 2 heterocycles. The number of fused-ring (bicyclic) bond motifs is 1. The summed E-state index contributed by atoms with van der Waals surface area (Å²) in [7, 11) is 0. The summed E-state index contributed by atoms with van der Waals surface area (Å²) in [6.45, 7) is 3.61. The van der Waals surface area contributed by atoms with E-state index in [1.54, 1.807) is 6.07 Å². The third-order valence-electron chi connectivity index (χ3n) is 5.75. The second-order valence-electron chi connectivity index (χ2n) is 7.38. The summed E-state index contributed by atoms with van der Waals surface area (Å²) in [5, 5.41) is 0.589. The van der Waals surface area contributed by atoms with Crippen molar-refractivity contribution in [2.45, 2.75) is 44.6 Å². The minimum absolute atomic E-state index is 0.136. The highest BCUT2D eigenvalue weighted by Gasteiger charge is 2.27. The highest BCUT2D eigenvalue weighted by atomic mass is 16.2. The highest BCUT2D eigenvalue weighted by Crippen LogP contribution is 2.24. The van der Waals surface area contributed by atoms with Gasteiger partial charge in [-0.05, 0) is 25.0 Å². The Morgan fingerprint density at radius 3 is 2.62 bits per heavy atom. The molecule has 1 aromatic carbocycles. The van der Waals surface area contributed by atoms with Gasteiger partial charge in [0.25, 0.3) is 5.56 Å². The van der Waals surface area contributed by atoms with Crippen molar-refractivity contribution in [2.75, 3.05) is 26.2 Å². The van der Waals surface area contributed by atoms with Crippen molar-refractivity contribution >= 4 is 16.8 Å². The van der Waals surface area contributed by atoms with Crippen LogP contribution in [0.15, 0.2) is 29.1 Å². The van der Waals surface area contributed by atoms with E-state index in [4.69, 9.17) is 0 Å². The van der Waals surface area contributed by atoms with E-state index in [1.807, 2.05) is 23.1 Å². The number of hydrogen-bond donors (Lipinski definition) is 1. The van der Waals surface area contributed by atoms with Crippen LogP contribution < -0.4 is 5.56 Å². The second-order valence-corrected chi connectivity index (χ2v) is 7.38. The van der Waals surface area contributed by atoms with Gasteiger partial charge < -0.3 is 9.88 Å². The number of para-hydroxylation sites is 1. The first kappa shape index (κ1) is 17.2. The maximum absolute atomic E-state index is 12.5. The lowest BCUT2D eigenvalue weighted by molar-refractivity contribution is -0.133. The van der Waals surface area contributed by atoms with Crippen LogP contribution in [0.25, 0.3) is 10.9 Å². The number of nitrogens with one attached hydrogen (secondary N) is 1. The Morgan fingerprint density at radius 2 is 1.85 bits per heavy atom. The zero-order valence-electron chi connectivity index (χ0n) is 15.1. The number of nitrogens with zero attached hydrogens (tertiary/aromatic N) is 3. The van der Waals surface area contributed by atoms with Gasteiger partial charge in [-0.1, -0.05) is 25.0 Å². The van der Waals surface area contributed by atoms with Crippen molar-refractivity contribution < 1.29 is 4.79 Å². The van der Waals surface area contributed by atoms with E-state index in [-0.39, 0.29) is 11.5 Å². The highest BCUT2D eigenvalue weighted by molar-refractivity contribution is 5.78. The number of benzene rings is 1. The predicted molar refractivity (Wildman–Crippen MR) is 101 cm³/mol. The van der Waals surface area contributed by atoms with Crippen molar-refractivity contribution in [1.82, 2.24) is 19.8 Å². The molecule has 0 spiro atoms. The molecule has 1 amide bonds. The van der Waals surface area contributed by atoms with Crippen LogP contribution in [0.4, 0.5) is 0 Å². The Kier molecular flexibility index (Phi) is 5.02. The Labute approximate surface area is 153 Å². The largest absolute Gasteiger partial charge is 0.340 e. The van der Waals surface area contributed by atoms with Gasteiger partial charge in [-0.25, -0.2) is 4.98 Å². The molecule has 0 atom stereocenters. The molecule has 1 saturated carbocycles. The van der Waals surface area contributed by atoms with Crippen molar-refractivity contribution in [3.63, 3.8) is 0 Å². The SMILES string of the molecule is O=C(CCc1nc2ccccc2c(=O)[nH]1)N1CCN(C2CCCC2)CC1. The third-order valence-corrected chi connectivity index (χ3v) is 5.75. The van der Waals surface area contributed by atoms with Crippen LogP contribution in [0.3, 0.4) is 0 Å². The summed E-state index contributed by atoms with van der Waals surface area (Å²) in [5.74, 6) is 0.749. The van der Waals surface area contributed by atoms with Gasteiger partial charge in [-0.3, -0.25) is 14.5 Å². The maximum Gasteiger partial charge on any atom is 0.258 e. The van der Waals surface area contributed by atoms with Crippen LogP contribution in [-0.4, -0.2) is 57.9 Å². The van der Waals surface area contributed by atoms with Gasteiger partial charge in [0.1, 0.15) is 5.82 Å². The molecule has 2 aliphatic rings. The third kappa shape index (κ3) is 3.65. The lowest BCUT2D eigenvalue weighted by atomic mass is 10.1. The normalized spacial score (nSPS) is 19.3. The van der Waals surface area contributed by atoms with Gasteiger partial charge in [0, 0.05) is 45.1 Å². The topological polar surface area (TPSA) is 69.3 Å². The van der Waals surface area contributed by atoms with Crippen LogP contribution in [-0.2, 0) is 11.2 Å². The van der Waals surface area contributed by atoms with Crippen molar-refractivity contribution in [3.8, 4) is 0 Å². The molecule has 1 aliphatic heterocycles. The molecule has 4 rings (SSSR count). The monoisotopic (exact) mass is 354 g/mol. The molecule has 6 nitrogen and oxygen atoms in total. The summed E-state index contributed by atoms with van der Waals surface area (Å²) in [4.78, 5) is 36.5. The lowest BCUT2D eigenvalue weighted by Crippen LogP contribution is -2.51. The van der Waals surface area contributed by atoms with E-state index >= 15 is 0 Å². The Hall–Kier alpha value is -2.21. The smallest absolute Gasteiger partial charge is 0.258 e. The molecule has 1 aliphatic carbocycles. The van der Waals surface area contributed by atoms with E-state index in [1.165, 1.54) is 25.7 Å². The zero-order chi connectivity index (χ0) is 17.9. The molecular weight excluding hydrogens is 328 g/mol. The molecule has 0 radical (unpaired) electrons. The summed E-state index contributed by atoms with van der Waals surface area (Å²) in [6.07, 6.45) is 6.19. The fraction of sp³-hybridized carbons (Fsp3) is 0.550. The molecule has 26 heavy (non-hydrogen) atoms. The van der Waals surface area contributed by atoms with Gasteiger partial charge >= 0.3 is 0 Å². The molecule has 6 heteroatoms. The van der Waals surface area contributed by atoms with Crippen LogP contribution >= 0.6 is 0 Å². The molecule has 0 unspecified atom stereocenters. The number of rotatable bonds is 4. The fourth-order valence-corrected chi connectivity index (χ4v) is 4.24. The molecule has 1 N–H and O–H groups in total. The van der Waals surface area contributed by atoms with Gasteiger partial charge in [0.15, 0.2) is 0 Å². The number of carbonyl (C=O) groups is 1. The second kappa shape index (κ2) is 7.58. The van der Waals surface area contributed by atoms with E-state index in [9.17, 15) is 9.59 Å². The molecule has 1 saturated heterocycles. The van der Waals surface area contributed by atoms with Gasteiger partial charge in [0.2, 0.25) is 5.91 Å². The van der Waals surface area contributed by atoms with Crippen LogP contribution in [0.1, 0.15) is 37.9 Å². The van der Waals surface area contributed by atoms with Crippen LogP contribution in [0.2, 0.25) is 0 Å². The van der Waals surface area contributed by atoms with Crippen LogP contribution in [0, 0.1) is 0 Å². The Bertz CT molecular complexity index is 833. The number of aromatic nitrogens is 2. The molecule has 2 aromatic rings. The van der Waals surface area contributed by atoms with Gasteiger partial charge in [0.05, 0.1) is 10.9 Å². The Balaban J connectivity index is 1.32. The standard InChI is InChI=1S/C20H26N4O2/c25-19(24-13-11-23(12-14-24)15-5-1-2-6-15)10-9-18-21-17-8-4-3-7-16(17)20(26)22-18/h3-4,7-8,15H,1-2,5-6,9-14H2,(H,21,22,26). The quantitative estimate of drug-likeness (QED) is 0.911. The number of H-pyrrole nitrogens is 1. The number of aromatic amines is 1. The number of piperazine rings is 1. The number of carbonyl (C=O) groups excluding carboxylic acids is 1. The average Bonchev–Trinajstić information content (AvgIpc) is 3.21. The van der Waals surface area contributed by atoms with E-state index < -0.39 is 0 Å². The maximum atomic E-state index is 12.5. The minimum atomic E-state index is -0.136. The Morgan fingerprint density at radius 1 is 1.12 bits per heavy atom. The van der Waals surface area contributed by atoms with Crippen LogP contribution in [0.5, 0.6) is 0 Å². The summed E-state index contributed by atoms with van der Waals surface area (Å²) < 4.78 is 0. The van der Waals surface area contributed by atoms with Crippen molar-refractivity contribution in [3.05, 3.63) is 40.4 Å². The van der Waals surface area contributed by atoms with Crippen molar-refractivity contribution in [2.24, 2.45) is 0 Å². The molecule has 138 valence electrons. The first-order chi connectivity index (χ1) is 12.7. The average molecular weight is 354 g/mol. The molecule has 2 fully saturated rings. The molecular formula is C20H26N4O2. The van der Waals surface area contributed by atoms with E-state index in [0.29, 0.717) is 29.6 Å².